The zero-order valence-corrected chi connectivity index (χ0v) is 10.2. The first-order valence-corrected chi connectivity index (χ1v) is 6.14. The zero-order chi connectivity index (χ0) is 12.5. The number of pyridine rings is 1. The van der Waals surface area contributed by atoms with Crippen LogP contribution >= 0.6 is 0 Å². The van der Waals surface area contributed by atoms with Crippen LogP contribution in [0.3, 0.4) is 0 Å². The van der Waals surface area contributed by atoms with Crippen molar-refractivity contribution in [3.8, 4) is 0 Å². The van der Waals surface area contributed by atoms with Crippen molar-refractivity contribution in [1.82, 2.24) is 15.2 Å². The van der Waals surface area contributed by atoms with Gasteiger partial charge in [0.1, 0.15) is 11.6 Å². The van der Waals surface area contributed by atoms with Crippen LogP contribution in [0.15, 0.2) is 24.5 Å². The molecule has 1 fully saturated rings. The predicted molar refractivity (Wildman–Crippen MR) is 66.8 cm³/mol. The van der Waals surface area contributed by atoms with Crippen LogP contribution < -0.4 is 4.90 Å². The van der Waals surface area contributed by atoms with E-state index in [1.54, 1.807) is 12.3 Å². The lowest BCUT2D eigenvalue weighted by Crippen LogP contribution is -2.23. The van der Waals surface area contributed by atoms with Crippen molar-refractivity contribution in [3.05, 3.63) is 41.6 Å². The number of rotatable bonds is 2. The number of aryl methyl sites for hydroxylation is 1. The number of halogens is 1. The second-order valence-electron chi connectivity index (χ2n) is 4.62. The van der Waals surface area contributed by atoms with Gasteiger partial charge in [-0.25, -0.2) is 4.39 Å². The molecule has 3 rings (SSSR count). The molecule has 1 N–H and O–H groups in total. The summed E-state index contributed by atoms with van der Waals surface area (Å²) in [6.45, 7) is 2.89. The third-order valence-corrected chi connectivity index (χ3v) is 3.50. The molecule has 2 aromatic heterocycles. The fourth-order valence-corrected chi connectivity index (χ4v) is 2.65. The molecule has 0 bridgehead atoms. The zero-order valence-electron chi connectivity index (χ0n) is 10.2. The summed E-state index contributed by atoms with van der Waals surface area (Å²) in [6.07, 6.45) is 5.13. The van der Waals surface area contributed by atoms with Gasteiger partial charge in [0, 0.05) is 18.3 Å². The number of H-pyrrole nitrogens is 1. The molecular formula is C13H15FN4. The first kappa shape index (κ1) is 11.2. The third-order valence-electron chi connectivity index (χ3n) is 3.50. The highest BCUT2D eigenvalue weighted by Gasteiger charge is 2.28. The van der Waals surface area contributed by atoms with E-state index in [1.165, 1.54) is 6.20 Å². The van der Waals surface area contributed by atoms with E-state index in [1.807, 2.05) is 13.0 Å². The fraction of sp³-hybridized carbons (Fsp3) is 0.385. The molecule has 1 unspecified atom stereocenters. The molecule has 0 saturated carbocycles. The quantitative estimate of drug-likeness (QED) is 0.885. The molecule has 0 amide bonds. The van der Waals surface area contributed by atoms with Crippen molar-refractivity contribution >= 4 is 5.82 Å². The van der Waals surface area contributed by atoms with E-state index in [0.29, 0.717) is 0 Å². The Morgan fingerprint density at radius 1 is 1.50 bits per heavy atom. The van der Waals surface area contributed by atoms with E-state index < -0.39 is 0 Å². The lowest BCUT2D eigenvalue weighted by Gasteiger charge is -2.26. The molecule has 3 heterocycles. The van der Waals surface area contributed by atoms with E-state index in [2.05, 4.69) is 20.1 Å². The van der Waals surface area contributed by atoms with Gasteiger partial charge in [-0.2, -0.15) is 5.10 Å². The topological polar surface area (TPSA) is 44.8 Å². The van der Waals surface area contributed by atoms with Crippen LogP contribution in [0.4, 0.5) is 10.2 Å². The van der Waals surface area contributed by atoms with Crippen molar-refractivity contribution in [2.45, 2.75) is 25.8 Å². The molecule has 0 aliphatic carbocycles. The van der Waals surface area contributed by atoms with E-state index in [0.717, 1.165) is 36.5 Å². The van der Waals surface area contributed by atoms with Crippen LogP contribution in [0, 0.1) is 12.7 Å². The van der Waals surface area contributed by atoms with Crippen LogP contribution in [-0.4, -0.2) is 21.7 Å². The average molecular weight is 246 g/mol. The van der Waals surface area contributed by atoms with Crippen molar-refractivity contribution < 1.29 is 4.39 Å². The number of hydrogen-bond donors (Lipinski definition) is 1. The molecule has 0 radical (unpaired) electrons. The summed E-state index contributed by atoms with van der Waals surface area (Å²) in [7, 11) is 0. The van der Waals surface area contributed by atoms with E-state index in [9.17, 15) is 4.39 Å². The van der Waals surface area contributed by atoms with Crippen molar-refractivity contribution in [2.24, 2.45) is 0 Å². The molecular weight excluding hydrogens is 231 g/mol. The van der Waals surface area contributed by atoms with E-state index in [4.69, 9.17) is 0 Å². The molecule has 1 aliphatic heterocycles. The lowest BCUT2D eigenvalue weighted by atomic mass is 10.0. The fourth-order valence-electron chi connectivity index (χ4n) is 2.65. The molecule has 2 aromatic rings. The molecule has 0 spiro atoms. The summed E-state index contributed by atoms with van der Waals surface area (Å²) >= 11 is 0. The van der Waals surface area contributed by atoms with Crippen molar-refractivity contribution in [2.75, 3.05) is 11.4 Å². The maximum Gasteiger partial charge on any atom is 0.141 e. The van der Waals surface area contributed by atoms with Gasteiger partial charge in [0.25, 0.3) is 0 Å². The monoisotopic (exact) mass is 246 g/mol. The van der Waals surface area contributed by atoms with Gasteiger partial charge in [0.15, 0.2) is 0 Å². The summed E-state index contributed by atoms with van der Waals surface area (Å²) in [6, 6.07) is 3.73. The van der Waals surface area contributed by atoms with Gasteiger partial charge in [0.05, 0.1) is 18.4 Å². The van der Waals surface area contributed by atoms with Gasteiger partial charge >= 0.3 is 0 Å². The van der Waals surface area contributed by atoms with Crippen molar-refractivity contribution in [1.29, 1.82) is 0 Å². The van der Waals surface area contributed by atoms with E-state index in [-0.39, 0.29) is 11.9 Å². The predicted octanol–water partition coefficient (Wildman–Crippen LogP) is 2.59. The van der Waals surface area contributed by atoms with Gasteiger partial charge in [-0.1, -0.05) is 0 Å². The van der Waals surface area contributed by atoms with Crippen LogP contribution in [0.2, 0.25) is 0 Å². The maximum atomic E-state index is 13.4. The highest BCUT2D eigenvalue weighted by atomic mass is 19.1. The maximum absolute atomic E-state index is 13.4. The number of nitrogens with one attached hydrogen (secondary N) is 1. The Bertz CT molecular complexity index is 538. The van der Waals surface area contributed by atoms with Gasteiger partial charge in [-0.15, -0.1) is 0 Å². The van der Waals surface area contributed by atoms with Crippen LogP contribution in [-0.2, 0) is 0 Å². The second-order valence-corrected chi connectivity index (χ2v) is 4.62. The van der Waals surface area contributed by atoms with Gasteiger partial charge in [0.2, 0.25) is 0 Å². The minimum absolute atomic E-state index is 0.189. The Morgan fingerprint density at radius 2 is 2.39 bits per heavy atom. The van der Waals surface area contributed by atoms with Crippen LogP contribution in [0.1, 0.15) is 30.1 Å². The Morgan fingerprint density at radius 3 is 3.17 bits per heavy atom. The van der Waals surface area contributed by atoms with Gasteiger partial charge in [-0.05, 0) is 31.4 Å². The molecule has 0 aromatic carbocycles. The Balaban J connectivity index is 1.97. The first-order chi connectivity index (χ1) is 8.75. The van der Waals surface area contributed by atoms with Gasteiger partial charge in [-0.3, -0.25) is 10.1 Å². The highest BCUT2D eigenvalue weighted by Crippen LogP contribution is 2.36. The summed E-state index contributed by atoms with van der Waals surface area (Å²) < 4.78 is 13.4. The number of nitrogens with zero attached hydrogens (tertiary/aromatic N) is 3. The Kier molecular flexibility index (Phi) is 2.74. The largest absolute Gasteiger partial charge is 0.350 e. The van der Waals surface area contributed by atoms with Crippen molar-refractivity contribution in [3.63, 3.8) is 0 Å². The number of hydrogen-bond acceptors (Lipinski definition) is 3. The SMILES string of the molecule is Cc1ncc(F)cc1C1CCCN1c1ccn[nH]1. The van der Waals surface area contributed by atoms with E-state index >= 15 is 0 Å². The molecule has 1 atom stereocenters. The third kappa shape index (κ3) is 1.85. The average Bonchev–Trinajstić information content (AvgIpc) is 3.00. The smallest absolute Gasteiger partial charge is 0.141 e. The number of aromatic nitrogens is 3. The van der Waals surface area contributed by atoms with Crippen LogP contribution in [0.5, 0.6) is 0 Å². The molecule has 4 nitrogen and oxygen atoms in total. The summed E-state index contributed by atoms with van der Waals surface area (Å²) in [4.78, 5) is 6.34. The minimum Gasteiger partial charge on any atom is -0.350 e. The molecule has 1 aliphatic rings. The second kappa shape index (κ2) is 4.40. The molecule has 1 saturated heterocycles. The first-order valence-electron chi connectivity index (χ1n) is 6.14. The Labute approximate surface area is 105 Å². The molecule has 94 valence electrons. The summed E-state index contributed by atoms with van der Waals surface area (Å²) in [5.41, 5.74) is 1.87. The number of aromatic amines is 1. The minimum atomic E-state index is -0.271. The normalized spacial score (nSPS) is 19.4. The molecule has 18 heavy (non-hydrogen) atoms. The summed E-state index contributed by atoms with van der Waals surface area (Å²) in [5.74, 6) is 0.716. The lowest BCUT2D eigenvalue weighted by molar-refractivity contribution is 0.607. The molecule has 5 heteroatoms. The highest BCUT2D eigenvalue weighted by molar-refractivity contribution is 5.43. The van der Waals surface area contributed by atoms with Crippen LogP contribution in [0.25, 0.3) is 0 Å². The standard InChI is InChI=1S/C13H15FN4/c1-9-11(7-10(14)8-15-9)12-3-2-6-18(12)13-4-5-16-17-13/h4-5,7-8,12H,2-3,6H2,1H3,(H,16,17). The van der Waals surface area contributed by atoms with Gasteiger partial charge < -0.3 is 4.90 Å². The Hall–Kier alpha value is -1.91. The summed E-state index contributed by atoms with van der Waals surface area (Å²) in [5, 5.41) is 6.95. The number of anilines is 1.